The van der Waals surface area contributed by atoms with Crippen molar-refractivity contribution in [1.82, 2.24) is 5.32 Å². The molecule has 1 N–H and O–H groups in total. The van der Waals surface area contributed by atoms with Crippen molar-refractivity contribution in [2.45, 2.75) is 26.6 Å². The van der Waals surface area contributed by atoms with Crippen molar-refractivity contribution in [3.8, 4) is 0 Å². The summed E-state index contributed by atoms with van der Waals surface area (Å²) in [6.07, 6.45) is 0. The highest BCUT2D eigenvalue weighted by atomic mass is 31.2. The molecule has 3 rings (SSSR count). The molecular formula is C26H31NO2P+. The molecule has 0 saturated carbocycles. The number of benzene rings is 3. The molecule has 3 nitrogen and oxygen atoms in total. The molecule has 0 bridgehead atoms. The largest absolute Gasteiger partial charge is 0.379 e. The summed E-state index contributed by atoms with van der Waals surface area (Å²) in [5.41, 5.74) is -0.494. The van der Waals surface area contributed by atoms with Gasteiger partial charge in [-0.15, -0.1) is 0 Å². The molecule has 1 unspecified atom stereocenters. The molecule has 3 aromatic rings. The van der Waals surface area contributed by atoms with Crippen molar-refractivity contribution in [1.29, 1.82) is 0 Å². The third kappa shape index (κ3) is 4.48. The van der Waals surface area contributed by atoms with Gasteiger partial charge in [-0.1, -0.05) is 75.4 Å². The molecule has 0 aliphatic carbocycles. The predicted octanol–water partition coefficient (Wildman–Crippen LogP) is 4.12. The summed E-state index contributed by atoms with van der Waals surface area (Å²) in [4.78, 5) is 13.1. The molecule has 0 fully saturated rings. The van der Waals surface area contributed by atoms with E-state index in [-0.39, 0.29) is 11.7 Å². The second-order valence-corrected chi connectivity index (χ2v) is 12.0. The number of amides is 1. The highest BCUT2D eigenvalue weighted by Crippen LogP contribution is 2.59. The molecular weight excluding hydrogens is 389 g/mol. The number of hydrogen-bond donors (Lipinski definition) is 1. The Kier molecular flexibility index (Phi) is 7.07. The van der Waals surface area contributed by atoms with Crippen LogP contribution in [0.3, 0.4) is 0 Å². The third-order valence-electron chi connectivity index (χ3n) is 5.26. The molecule has 1 atom stereocenters. The van der Waals surface area contributed by atoms with Crippen LogP contribution in [0, 0.1) is 5.41 Å². The van der Waals surface area contributed by atoms with E-state index in [0.29, 0.717) is 6.61 Å². The minimum Gasteiger partial charge on any atom is -0.379 e. The van der Waals surface area contributed by atoms with Gasteiger partial charge < -0.3 is 10.1 Å². The van der Waals surface area contributed by atoms with Gasteiger partial charge in [0.05, 0.1) is 0 Å². The highest BCUT2D eigenvalue weighted by molar-refractivity contribution is 7.96. The molecule has 156 valence electrons. The first-order chi connectivity index (χ1) is 14.4. The maximum atomic E-state index is 13.1. The lowest BCUT2D eigenvalue weighted by Gasteiger charge is -2.36. The van der Waals surface area contributed by atoms with Gasteiger partial charge in [-0.05, 0) is 36.4 Å². The highest BCUT2D eigenvalue weighted by Gasteiger charge is 2.53. The van der Waals surface area contributed by atoms with Crippen molar-refractivity contribution in [2.24, 2.45) is 5.41 Å². The zero-order chi connectivity index (χ0) is 21.6. The number of hydrogen-bond acceptors (Lipinski definition) is 2. The van der Waals surface area contributed by atoms with Crippen molar-refractivity contribution >= 4 is 29.1 Å². The van der Waals surface area contributed by atoms with Crippen LogP contribution in [-0.2, 0) is 9.53 Å². The lowest BCUT2D eigenvalue weighted by molar-refractivity contribution is -0.129. The van der Waals surface area contributed by atoms with Crippen LogP contribution in [0.15, 0.2) is 91.0 Å². The van der Waals surface area contributed by atoms with Crippen LogP contribution in [-0.4, -0.2) is 25.4 Å². The van der Waals surface area contributed by atoms with E-state index in [4.69, 9.17) is 4.74 Å². The van der Waals surface area contributed by atoms with E-state index in [1.165, 1.54) is 15.9 Å². The number of nitrogens with one attached hydrogen (secondary N) is 1. The van der Waals surface area contributed by atoms with Gasteiger partial charge in [0, 0.05) is 12.5 Å². The Balaban J connectivity index is 2.32. The number of carbonyl (C=O) groups excluding carboxylic acids is 1. The summed E-state index contributed by atoms with van der Waals surface area (Å²) in [7, 11) is -0.560. The van der Waals surface area contributed by atoms with Crippen LogP contribution in [0.5, 0.6) is 0 Å². The second-order valence-electron chi connectivity index (χ2n) is 8.42. The van der Waals surface area contributed by atoms with Crippen LogP contribution in [0.25, 0.3) is 0 Å². The Morgan fingerprint density at radius 2 is 1.17 bits per heavy atom. The number of rotatable bonds is 7. The van der Waals surface area contributed by atoms with Crippen LogP contribution in [0.1, 0.15) is 20.8 Å². The molecule has 1 amide bonds. The van der Waals surface area contributed by atoms with Gasteiger partial charge in [-0.25, -0.2) is 0 Å². The van der Waals surface area contributed by atoms with Crippen molar-refractivity contribution in [2.75, 3.05) is 13.7 Å². The first-order valence-corrected chi connectivity index (χ1v) is 12.1. The SMILES string of the molecule is COCC(NC(=O)C(C)(C)C)[P+](c1ccccc1)(c1ccccc1)c1ccccc1. The van der Waals surface area contributed by atoms with Crippen molar-refractivity contribution in [3.05, 3.63) is 91.0 Å². The van der Waals surface area contributed by atoms with Gasteiger partial charge in [0.2, 0.25) is 5.91 Å². The maximum absolute atomic E-state index is 13.1. The fraction of sp³-hybridized carbons (Fsp3) is 0.269. The monoisotopic (exact) mass is 420 g/mol. The number of methoxy groups -OCH3 is 1. The van der Waals surface area contributed by atoms with E-state index in [1.807, 2.05) is 39.0 Å². The fourth-order valence-corrected chi connectivity index (χ4v) is 8.34. The van der Waals surface area contributed by atoms with Gasteiger partial charge >= 0.3 is 0 Å². The number of ether oxygens (including phenoxy) is 1. The molecule has 0 aliphatic rings. The second kappa shape index (κ2) is 9.55. The first kappa shape index (κ1) is 22.2. The molecule has 0 aromatic heterocycles. The standard InChI is InChI=1S/C26H30NO2P/c1-26(2,3)25(28)27-24(20-29-4)30(21-14-8-5-9-15-21,22-16-10-6-11-17-22)23-18-12-7-13-19-23/h5-19,24H,20H2,1-4H3/p+1. The van der Waals surface area contributed by atoms with Crippen molar-refractivity contribution in [3.63, 3.8) is 0 Å². The Labute approximate surface area is 180 Å². The molecule has 0 aliphatic heterocycles. The zero-order valence-corrected chi connectivity index (χ0v) is 19.1. The topological polar surface area (TPSA) is 38.3 Å². The van der Waals surface area contributed by atoms with Crippen molar-refractivity contribution < 1.29 is 9.53 Å². The Bertz CT molecular complexity index is 840. The zero-order valence-electron chi connectivity index (χ0n) is 18.2. The van der Waals surface area contributed by atoms with E-state index in [1.54, 1.807) is 7.11 Å². The summed E-state index contributed by atoms with van der Waals surface area (Å²) in [6, 6.07) is 31.6. The van der Waals surface area contributed by atoms with Crippen LogP contribution in [0.2, 0.25) is 0 Å². The normalized spacial score (nSPS) is 12.9. The van der Waals surface area contributed by atoms with Gasteiger partial charge in [0.1, 0.15) is 29.8 Å². The van der Waals surface area contributed by atoms with E-state index < -0.39 is 12.7 Å². The van der Waals surface area contributed by atoms with Gasteiger partial charge in [0.15, 0.2) is 5.78 Å². The lowest BCUT2D eigenvalue weighted by atomic mass is 9.96. The lowest BCUT2D eigenvalue weighted by Crippen LogP contribution is -2.52. The molecule has 0 saturated heterocycles. The molecule has 0 radical (unpaired) electrons. The Hall–Kier alpha value is -2.48. The van der Waals surface area contributed by atoms with Crippen LogP contribution in [0.4, 0.5) is 0 Å². The Morgan fingerprint density at radius 1 is 0.800 bits per heavy atom. The third-order valence-corrected chi connectivity index (χ3v) is 9.81. The molecule has 3 aromatic carbocycles. The predicted molar refractivity (Wildman–Crippen MR) is 128 cm³/mol. The van der Waals surface area contributed by atoms with Gasteiger partial charge in [0.25, 0.3) is 0 Å². The fourth-order valence-electron chi connectivity index (χ4n) is 3.75. The molecule has 4 heteroatoms. The minimum absolute atomic E-state index is 0.0247. The van der Waals surface area contributed by atoms with Crippen LogP contribution < -0.4 is 21.2 Å². The van der Waals surface area contributed by atoms with Crippen LogP contribution >= 0.6 is 7.26 Å². The molecule has 0 spiro atoms. The van der Waals surface area contributed by atoms with E-state index in [2.05, 4.69) is 78.1 Å². The molecule has 0 heterocycles. The average Bonchev–Trinajstić information content (AvgIpc) is 2.76. The Morgan fingerprint density at radius 3 is 1.47 bits per heavy atom. The minimum atomic E-state index is -2.26. The smallest absolute Gasteiger partial charge is 0.228 e. The first-order valence-electron chi connectivity index (χ1n) is 10.3. The summed E-state index contributed by atoms with van der Waals surface area (Å²) < 4.78 is 5.70. The van der Waals surface area contributed by atoms with E-state index in [0.717, 1.165) is 0 Å². The van der Waals surface area contributed by atoms with E-state index in [9.17, 15) is 4.79 Å². The summed E-state index contributed by atoms with van der Waals surface area (Å²) in [5.74, 6) is -0.168. The maximum Gasteiger partial charge on any atom is 0.228 e. The summed E-state index contributed by atoms with van der Waals surface area (Å²) >= 11 is 0. The number of carbonyl (C=O) groups is 1. The van der Waals surface area contributed by atoms with Gasteiger partial charge in [-0.3, -0.25) is 4.79 Å². The quantitative estimate of drug-likeness (QED) is 0.584. The van der Waals surface area contributed by atoms with E-state index >= 15 is 0 Å². The average molecular weight is 421 g/mol. The molecule has 30 heavy (non-hydrogen) atoms. The van der Waals surface area contributed by atoms with Gasteiger partial charge in [-0.2, -0.15) is 0 Å². The summed E-state index contributed by atoms with van der Waals surface area (Å²) in [6.45, 7) is 6.26. The summed E-state index contributed by atoms with van der Waals surface area (Å²) in [5, 5.41) is 7.04.